The molecular formula is C19H34O16. The fourth-order valence-electron chi connectivity index (χ4n) is 4.24. The quantitative estimate of drug-likeness (QED) is 0.143. The molecule has 0 saturated carbocycles. The lowest BCUT2D eigenvalue weighted by Crippen LogP contribution is -2.66. The van der Waals surface area contributed by atoms with E-state index >= 15 is 0 Å². The van der Waals surface area contributed by atoms with Crippen molar-refractivity contribution < 1.29 is 79.5 Å². The Morgan fingerprint density at radius 3 is 1.29 bits per heavy atom. The van der Waals surface area contributed by atoms with Crippen molar-refractivity contribution in [2.75, 3.05) is 26.9 Å². The van der Waals surface area contributed by atoms with Crippen LogP contribution in [0.25, 0.3) is 0 Å². The van der Waals surface area contributed by atoms with Gasteiger partial charge >= 0.3 is 0 Å². The predicted molar refractivity (Wildman–Crippen MR) is 106 cm³/mol. The fraction of sp³-hybridized carbons (Fsp3) is 1.00. The van der Waals surface area contributed by atoms with Crippen LogP contribution in [0.3, 0.4) is 0 Å². The van der Waals surface area contributed by atoms with Crippen molar-refractivity contribution in [3.63, 3.8) is 0 Å². The predicted octanol–water partition coefficient (Wildman–Crippen LogP) is -6.92. The van der Waals surface area contributed by atoms with Crippen LogP contribution in [0, 0.1) is 0 Å². The van der Waals surface area contributed by atoms with Gasteiger partial charge in [0.15, 0.2) is 18.9 Å². The Hall–Kier alpha value is -0.640. The maximum absolute atomic E-state index is 10.7. The Kier molecular flexibility index (Phi) is 10.1. The van der Waals surface area contributed by atoms with Crippen molar-refractivity contribution in [3.05, 3.63) is 0 Å². The lowest BCUT2D eigenvalue weighted by Gasteiger charge is -2.48. The maximum Gasteiger partial charge on any atom is 0.187 e. The van der Waals surface area contributed by atoms with Crippen LogP contribution in [-0.4, -0.2) is 170 Å². The number of aliphatic hydroxyl groups excluding tert-OH is 10. The van der Waals surface area contributed by atoms with Gasteiger partial charge in [-0.25, -0.2) is 0 Å². The normalized spacial score (nSPS) is 51.3. The summed E-state index contributed by atoms with van der Waals surface area (Å²) in [7, 11) is 1.21. The second-order valence-corrected chi connectivity index (χ2v) is 8.55. The molecule has 0 aromatic heterocycles. The van der Waals surface area contributed by atoms with Crippen LogP contribution in [0.5, 0.6) is 0 Å². The minimum Gasteiger partial charge on any atom is -0.394 e. The molecule has 35 heavy (non-hydrogen) atoms. The Morgan fingerprint density at radius 2 is 0.857 bits per heavy atom. The van der Waals surface area contributed by atoms with Crippen LogP contribution < -0.4 is 0 Å². The molecule has 0 amide bonds. The van der Waals surface area contributed by atoms with Crippen molar-refractivity contribution in [1.29, 1.82) is 0 Å². The van der Waals surface area contributed by atoms with Gasteiger partial charge < -0.3 is 79.5 Å². The largest absolute Gasteiger partial charge is 0.394 e. The number of rotatable bonds is 8. The monoisotopic (exact) mass is 518 g/mol. The second kappa shape index (κ2) is 12.3. The molecule has 0 spiro atoms. The summed E-state index contributed by atoms with van der Waals surface area (Å²) < 4.78 is 31.9. The van der Waals surface area contributed by atoms with Crippen molar-refractivity contribution in [2.45, 2.75) is 92.1 Å². The van der Waals surface area contributed by atoms with Gasteiger partial charge in [0.1, 0.15) is 73.2 Å². The molecule has 3 heterocycles. The van der Waals surface area contributed by atoms with E-state index in [9.17, 15) is 51.1 Å². The highest BCUT2D eigenvalue weighted by atomic mass is 16.8. The van der Waals surface area contributed by atoms with E-state index < -0.39 is 112 Å². The van der Waals surface area contributed by atoms with E-state index in [1.54, 1.807) is 0 Å². The Bertz CT molecular complexity index is 650. The van der Waals surface area contributed by atoms with E-state index in [1.807, 2.05) is 0 Å². The Labute approximate surface area is 199 Å². The molecule has 0 aromatic carbocycles. The van der Waals surface area contributed by atoms with E-state index in [4.69, 9.17) is 28.4 Å². The molecule has 10 N–H and O–H groups in total. The van der Waals surface area contributed by atoms with Crippen molar-refractivity contribution in [1.82, 2.24) is 0 Å². The Morgan fingerprint density at radius 1 is 0.486 bits per heavy atom. The van der Waals surface area contributed by atoms with Crippen LogP contribution in [-0.2, 0) is 28.4 Å². The van der Waals surface area contributed by atoms with Crippen LogP contribution in [0.15, 0.2) is 0 Å². The molecule has 9 unspecified atom stereocenters. The van der Waals surface area contributed by atoms with Gasteiger partial charge in [-0.15, -0.1) is 0 Å². The minimum atomic E-state index is -1.88. The van der Waals surface area contributed by atoms with Crippen molar-refractivity contribution in [3.8, 4) is 0 Å². The standard InChI is InChI=1S/C19H34O16/c1-30-17-13(28)10(25)15(6(3-21)32-17)35-19-14(29)11(26)16(7(4-22)33-19)34-18-12(27)9(24)8(23)5(2-20)31-18/h5-29H,2-4H2,1H3/t5?,6?,7?,8-,9?,10?,11?,12?,13?,14?,15+,16-,17+,18+,19-/m0/s1. The summed E-state index contributed by atoms with van der Waals surface area (Å²) >= 11 is 0. The van der Waals surface area contributed by atoms with E-state index in [2.05, 4.69) is 0 Å². The number of hydrogen-bond donors (Lipinski definition) is 10. The first kappa shape index (κ1) is 28.9. The summed E-state index contributed by atoms with van der Waals surface area (Å²) in [6.07, 6.45) is -23.8. The van der Waals surface area contributed by atoms with Crippen molar-refractivity contribution in [2.24, 2.45) is 0 Å². The smallest absolute Gasteiger partial charge is 0.187 e. The van der Waals surface area contributed by atoms with Crippen LogP contribution in [0.4, 0.5) is 0 Å². The summed E-state index contributed by atoms with van der Waals surface area (Å²) in [5.41, 5.74) is 0. The third-order valence-corrected chi connectivity index (χ3v) is 6.30. The third-order valence-electron chi connectivity index (χ3n) is 6.30. The number of ether oxygens (including phenoxy) is 6. The molecular weight excluding hydrogens is 484 g/mol. The molecule has 3 aliphatic rings. The average Bonchev–Trinajstić information content (AvgIpc) is 2.86. The highest BCUT2D eigenvalue weighted by Crippen LogP contribution is 2.32. The van der Waals surface area contributed by atoms with Gasteiger partial charge in [-0.3, -0.25) is 0 Å². The van der Waals surface area contributed by atoms with Gasteiger partial charge in [0.2, 0.25) is 0 Å². The van der Waals surface area contributed by atoms with E-state index in [-0.39, 0.29) is 0 Å². The zero-order chi connectivity index (χ0) is 26.0. The van der Waals surface area contributed by atoms with Crippen LogP contribution >= 0.6 is 0 Å². The first-order chi connectivity index (χ1) is 16.6. The summed E-state index contributed by atoms with van der Waals surface area (Å²) in [5.74, 6) is 0. The molecule has 0 aromatic rings. The molecule has 0 aliphatic carbocycles. The van der Waals surface area contributed by atoms with Gasteiger partial charge in [0.25, 0.3) is 0 Å². The first-order valence-corrected chi connectivity index (χ1v) is 11.0. The summed E-state index contributed by atoms with van der Waals surface area (Å²) in [5, 5.41) is 100. The van der Waals surface area contributed by atoms with Crippen LogP contribution in [0.1, 0.15) is 0 Å². The second-order valence-electron chi connectivity index (χ2n) is 8.55. The topological polar surface area (TPSA) is 258 Å². The molecule has 3 fully saturated rings. The van der Waals surface area contributed by atoms with Gasteiger partial charge in [-0.2, -0.15) is 0 Å². The lowest BCUT2D eigenvalue weighted by molar-refractivity contribution is -0.378. The molecule has 0 radical (unpaired) electrons. The third kappa shape index (κ3) is 5.78. The molecule has 3 aliphatic heterocycles. The zero-order valence-electron chi connectivity index (χ0n) is 18.7. The average molecular weight is 518 g/mol. The van der Waals surface area contributed by atoms with E-state index in [1.165, 1.54) is 7.11 Å². The zero-order valence-corrected chi connectivity index (χ0v) is 18.7. The summed E-state index contributed by atoms with van der Waals surface area (Å²) in [6.45, 7) is -2.21. The number of methoxy groups -OCH3 is 1. The first-order valence-electron chi connectivity index (χ1n) is 11.0. The van der Waals surface area contributed by atoms with Gasteiger partial charge in [-0.1, -0.05) is 0 Å². The van der Waals surface area contributed by atoms with Gasteiger partial charge in [0, 0.05) is 7.11 Å². The molecule has 16 nitrogen and oxygen atoms in total. The molecule has 206 valence electrons. The summed E-state index contributed by atoms with van der Waals surface area (Å²) in [6, 6.07) is 0. The fourth-order valence-corrected chi connectivity index (χ4v) is 4.24. The van der Waals surface area contributed by atoms with Crippen molar-refractivity contribution >= 4 is 0 Å². The number of hydrogen-bond acceptors (Lipinski definition) is 16. The molecule has 15 atom stereocenters. The molecule has 16 heteroatoms. The van der Waals surface area contributed by atoms with Gasteiger partial charge in [0.05, 0.1) is 19.8 Å². The summed E-state index contributed by atoms with van der Waals surface area (Å²) in [4.78, 5) is 0. The van der Waals surface area contributed by atoms with E-state index in [0.29, 0.717) is 0 Å². The number of aliphatic hydroxyl groups is 10. The SMILES string of the molecule is CO[C@@H]1OC(CO)[C@@H](O[C@@H]2OC(CO)[C@H](O[C@H]3OC(CO)[C@H](O)C(O)C3O)C(O)C2O)C(O)C1O. The van der Waals surface area contributed by atoms with Gasteiger partial charge in [-0.05, 0) is 0 Å². The highest BCUT2D eigenvalue weighted by Gasteiger charge is 2.53. The Balaban J connectivity index is 1.72. The highest BCUT2D eigenvalue weighted by molar-refractivity contribution is 4.96. The van der Waals surface area contributed by atoms with Crippen LogP contribution in [0.2, 0.25) is 0 Å². The minimum absolute atomic E-state index is 0.675. The van der Waals surface area contributed by atoms with E-state index in [0.717, 1.165) is 0 Å². The molecule has 3 saturated heterocycles. The lowest BCUT2D eigenvalue weighted by atomic mass is 9.96. The maximum atomic E-state index is 10.7. The molecule has 0 bridgehead atoms. The molecule has 3 rings (SSSR count).